The van der Waals surface area contributed by atoms with Crippen molar-refractivity contribution in [3.63, 3.8) is 0 Å². The third-order valence-corrected chi connectivity index (χ3v) is 2.11. The maximum Gasteiger partial charge on any atom is 0.221 e. The third kappa shape index (κ3) is 2.38. The Morgan fingerprint density at radius 1 is 1.92 bits per heavy atom. The van der Waals surface area contributed by atoms with Crippen molar-refractivity contribution in [1.82, 2.24) is 20.1 Å². The van der Waals surface area contributed by atoms with E-state index in [2.05, 4.69) is 15.5 Å². The standard InChI is InChI=1S/C7H12N4OS/c1-5(3-6(12)8-2)11-4-9-10-7(11)13/h4-5H,3H2,1-2H3,(H,8,12)(H,10,13). The molecular formula is C7H12N4OS. The summed E-state index contributed by atoms with van der Waals surface area (Å²) in [6, 6.07) is 0.0335. The molecule has 0 aliphatic heterocycles. The van der Waals surface area contributed by atoms with E-state index in [0.29, 0.717) is 11.2 Å². The molecule has 0 spiro atoms. The molecule has 0 bridgehead atoms. The van der Waals surface area contributed by atoms with Crippen LogP contribution in [0, 0.1) is 4.77 Å². The smallest absolute Gasteiger partial charge is 0.221 e. The Balaban J connectivity index is 2.69. The molecule has 0 aliphatic rings. The summed E-state index contributed by atoms with van der Waals surface area (Å²) in [5, 5.41) is 8.98. The van der Waals surface area contributed by atoms with Gasteiger partial charge in [0, 0.05) is 19.5 Å². The lowest BCUT2D eigenvalue weighted by atomic mass is 10.2. The molecule has 2 N–H and O–H groups in total. The van der Waals surface area contributed by atoms with Crippen LogP contribution in [0.5, 0.6) is 0 Å². The van der Waals surface area contributed by atoms with E-state index in [4.69, 9.17) is 12.2 Å². The van der Waals surface area contributed by atoms with Crippen LogP contribution >= 0.6 is 12.2 Å². The quantitative estimate of drug-likeness (QED) is 0.704. The molecule has 0 fully saturated rings. The lowest BCUT2D eigenvalue weighted by Crippen LogP contribution is -2.21. The number of H-pyrrole nitrogens is 1. The fourth-order valence-electron chi connectivity index (χ4n) is 1.04. The Morgan fingerprint density at radius 3 is 3.08 bits per heavy atom. The van der Waals surface area contributed by atoms with Crippen LogP contribution in [0.1, 0.15) is 19.4 Å². The fourth-order valence-corrected chi connectivity index (χ4v) is 1.32. The minimum Gasteiger partial charge on any atom is -0.359 e. The molecule has 1 heterocycles. The molecule has 1 aromatic heterocycles. The highest BCUT2D eigenvalue weighted by Gasteiger charge is 2.09. The minimum atomic E-state index is -0.00407. The predicted molar refractivity (Wildman–Crippen MR) is 50.8 cm³/mol. The van der Waals surface area contributed by atoms with Gasteiger partial charge in [0.05, 0.1) is 0 Å². The second-order valence-electron chi connectivity index (χ2n) is 2.80. The van der Waals surface area contributed by atoms with Gasteiger partial charge in [-0.15, -0.1) is 0 Å². The molecule has 1 rings (SSSR count). The van der Waals surface area contributed by atoms with Crippen molar-refractivity contribution in [1.29, 1.82) is 0 Å². The topological polar surface area (TPSA) is 62.7 Å². The van der Waals surface area contributed by atoms with E-state index in [1.807, 2.05) is 6.92 Å². The van der Waals surface area contributed by atoms with E-state index in [1.165, 1.54) is 0 Å². The van der Waals surface area contributed by atoms with Gasteiger partial charge in [-0.2, -0.15) is 5.10 Å². The number of amides is 1. The van der Waals surface area contributed by atoms with Crippen LogP contribution in [0.3, 0.4) is 0 Å². The second-order valence-corrected chi connectivity index (χ2v) is 3.18. The molecule has 1 atom stereocenters. The summed E-state index contributed by atoms with van der Waals surface area (Å²) in [5.41, 5.74) is 0. The van der Waals surface area contributed by atoms with Gasteiger partial charge >= 0.3 is 0 Å². The first-order valence-corrected chi connectivity index (χ1v) is 4.38. The Kier molecular flexibility index (Phi) is 3.18. The summed E-state index contributed by atoms with van der Waals surface area (Å²) in [4.78, 5) is 11.0. The lowest BCUT2D eigenvalue weighted by molar-refractivity contribution is -0.121. The van der Waals surface area contributed by atoms with E-state index in [0.717, 1.165) is 0 Å². The Labute approximate surface area is 81.2 Å². The summed E-state index contributed by atoms with van der Waals surface area (Å²) in [6.45, 7) is 1.92. The third-order valence-electron chi connectivity index (χ3n) is 1.81. The number of aromatic nitrogens is 3. The lowest BCUT2D eigenvalue weighted by Gasteiger charge is -2.10. The predicted octanol–water partition coefficient (Wildman–Crippen LogP) is 0.638. The number of hydrogen-bond acceptors (Lipinski definition) is 3. The summed E-state index contributed by atoms with van der Waals surface area (Å²) in [6.07, 6.45) is 2.00. The van der Waals surface area contributed by atoms with Crippen LogP contribution in [-0.2, 0) is 4.79 Å². The first-order valence-electron chi connectivity index (χ1n) is 3.97. The number of carbonyl (C=O) groups excluding carboxylic acids is 1. The number of aromatic amines is 1. The van der Waals surface area contributed by atoms with E-state index in [-0.39, 0.29) is 11.9 Å². The molecule has 0 radical (unpaired) electrons. The van der Waals surface area contributed by atoms with Gasteiger partial charge in [0.15, 0.2) is 4.77 Å². The van der Waals surface area contributed by atoms with Crippen LogP contribution in [-0.4, -0.2) is 27.7 Å². The molecule has 5 nitrogen and oxygen atoms in total. The second kappa shape index (κ2) is 4.18. The van der Waals surface area contributed by atoms with Gasteiger partial charge in [0.25, 0.3) is 0 Å². The maximum absolute atomic E-state index is 11.0. The normalized spacial score (nSPS) is 12.5. The SMILES string of the molecule is CNC(=O)CC(C)n1cn[nH]c1=S. The number of hydrogen-bond donors (Lipinski definition) is 2. The minimum absolute atomic E-state index is 0.00407. The van der Waals surface area contributed by atoms with Gasteiger partial charge in [-0.1, -0.05) is 0 Å². The fraction of sp³-hybridized carbons (Fsp3) is 0.571. The van der Waals surface area contributed by atoms with E-state index in [1.54, 1.807) is 17.9 Å². The molecule has 6 heteroatoms. The van der Waals surface area contributed by atoms with Crippen molar-refractivity contribution in [3.8, 4) is 0 Å². The van der Waals surface area contributed by atoms with Crippen molar-refractivity contribution in [2.75, 3.05) is 7.05 Å². The van der Waals surface area contributed by atoms with Crippen LogP contribution < -0.4 is 5.32 Å². The van der Waals surface area contributed by atoms with Crippen LogP contribution in [0.4, 0.5) is 0 Å². The molecule has 0 saturated carbocycles. The highest BCUT2D eigenvalue weighted by molar-refractivity contribution is 7.71. The zero-order valence-electron chi connectivity index (χ0n) is 7.57. The van der Waals surface area contributed by atoms with E-state index < -0.39 is 0 Å². The summed E-state index contributed by atoms with van der Waals surface area (Å²) in [5.74, 6) is -0.00407. The highest BCUT2D eigenvalue weighted by Crippen LogP contribution is 2.09. The Morgan fingerprint density at radius 2 is 2.62 bits per heavy atom. The first kappa shape index (κ1) is 9.91. The molecule has 0 aliphatic carbocycles. The van der Waals surface area contributed by atoms with Gasteiger partial charge in [-0.25, -0.2) is 0 Å². The Hall–Kier alpha value is -1.17. The van der Waals surface area contributed by atoms with Crippen LogP contribution in [0.2, 0.25) is 0 Å². The van der Waals surface area contributed by atoms with Gasteiger partial charge in [-0.05, 0) is 19.1 Å². The van der Waals surface area contributed by atoms with Crippen molar-refractivity contribution in [2.45, 2.75) is 19.4 Å². The van der Waals surface area contributed by atoms with Gasteiger partial charge < -0.3 is 9.88 Å². The van der Waals surface area contributed by atoms with E-state index >= 15 is 0 Å². The van der Waals surface area contributed by atoms with Gasteiger partial charge in [0.2, 0.25) is 5.91 Å². The molecule has 13 heavy (non-hydrogen) atoms. The maximum atomic E-state index is 11.0. The largest absolute Gasteiger partial charge is 0.359 e. The van der Waals surface area contributed by atoms with Crippen molar-refractivity contribution in [3.05, 3.63) is 11.1 Å². The van der Waals surface area contributed by atoms with Gasteiger partial charge in [-0.3, -0.25) is 9.89 Å². The van der Waals surface area contributed by atoms with E-state index in [9.17, 15) is 4.79 Å². The molecule has 1 amide bonds. The van der Waals surface area contributed by atoms with Gasteiger partial charge in [0.1, 0.15) is 6.33 Å². The zero-order chi connectivity index (χ0) is 9.84. The average molecular weight is 200 g/mol. The monoisotopic (exact) mass is 200 g/mol. The molecule has 1 unspecified atom stereocenters. The number of rotatable bonds is 3. The Bertz CT molecular complexity index is 342. The summed E-state index contributed by atoms with van der Waals surface area (Å²) in [7, 11) is 1.61. The number of nitrogens with one attached hydrogen (secondary N) is 2. The molecular weight excluding hydrogens is 188 g/mol. The highest BCUT2D eigenvalue weighted by atomic mass is 32.1. The van der Waals surface area contributed by atoms with Crippen LogP contribution in [0.25, 0.3) is 0 Å². The summed E-state index contributed by atoms with van der Waals surface area (Å²) >= 11 is 4.96. The van der Waals surface area contributed by atoms with Crippen molar-refractivity contribution < 1.29 is 4.79 Å². The zero-order valence-corrected chi connectivity index (χ0v) is 8.39. The van der Waals surface area contributed by atoms with Crippen molar-refractivity contribution >= 4 is 18.1 Å². The summed E-state index contributed by atoms with van der Waals surface area (Å²) < 4.78 is 2.29. The molecule has 0 aromatic carbocycles. The first-order chi connectivity index (χ1) is 6.15. The van der Waals surface area contributed by atoms with Crippen LogP contribution in [0.15, 0.2) is 6.33 Å². The van der Waals surface area contributed by atoms with Crippen molar-refractivity contribution in [2.24, 2.45) is 0 Å². The molecule has 72 valence electrons. The number of nitrogens with zero attached hydrogens (tertiary/aromatic N) is 2. The average Bonchev–Trinajstić information content (AvgIpc) is 2.51. The number of carbonyl (C=O) groups is 1. The molecule has 1 aromatic rings. The molecule has 0 saturated heterocycles.